The molecule has 0 aliphatic rings. The van der Waals surface area contributed by atoms with Crippen molar-refractivity contribution >= 4 is 6.09 Å². The van der Waals surface area contributed by atoms with Gasteiger partial charge < -0.3 is 10.1 Å². The fourth-order valence-corrected chi connectivity index (χ4v) is 1.32. The van der Waals surface area contributed by atoms with Gasteiger partial charge in [-0.2, -0.15) is 4.80 Å². The summed E-state index contributed by atoms with van der Waals surface area (Å²) in [6.45, 7) is 0.433. The van der Waals surface area contributed by atoms with E-state index in [4.69, 9.17) is 4.74 Å². The number of ether oxygens (including phenoxy) is 1. The van der Waals surface area contributed by atoms with Crippen LogP contribution in [0.25, 0.3) is 0 Å². The summed E-state index contributed by atoms with van der Waals surface area (Å²) >= 11 is 0. The fourth-order valence-electron chi connectivity index (χ4n) is 1.32. The smallest absolute Gasteiger partial charge is 0.407 e. The van der Waals surface area contributed by atoms with E-state index in [-0.39, 0.29) is 13.2 Å². The van der Waals surface area contributed by atoms with Gasteiger partial charge in [0.05, 0.1) is 13.6 Å². The molecule has 0 unspecified atom stereocenters. The van der Waals surface area contributed by atoms with Gasteiger partial charge in [0.1, 0.15) is 6.61 Å². The fraction of sp³-hybridized carbons (Fsp3) is 0.273. The number of nitrogens with zero attached hydrogens (tertiary/aromatic N) is 4. The van der Waals surface area contributed by atoms with Crippen molar-refractivity contribution in [3.63, 3.8) is 0 Å². The van der Waals surface area contributed by atoms with E-state index >= 15 is 0 Å². The third kappa shape index (κ3) is 3.55. The second-order valence-electron chi connectivity index (χ2n) is 3.61. The first kappa shape index (κ1) is 12.0. The largest absolute Gasteiger partial charge is 0.445 e. The van der Waals surface area contributed by atoms with Crippen LogP contribution in [0, 0.1) is 0 Å². The van der Waals surface area contributed by atoms with Crippen molar-refractivity contribution in [2.45, 2.75) is 13.2 Å². The molecule has 2 rings (SSSR count). The number of carbonyl (C=O) groups excluding carboxylic acids is 1. The molecule has 0 saturated carbocycles. The molecular weight excluding hydrogens is 234 g/mol. The molecule has 7 nitrogen and oxygen atoms in total. The van der Waals surface area contributed by atoms with Crippen molar-refractivity contribution in [3.8, 4) is 0 Å². The zero-order valence-corrected chi connectivity index (χ0v) is 9.91. The molecule has 7 heteroatoms. The summed E-state index contributed by atoms with van der Waals surface area (Å²) in [6.07, 6.45) is -0.508. The van der Waals surface area contributed by atoms with Gasteiger partial charge >= 0.3 is 6.09 Å². The number of carbonyl (C=O) groups is 1. The molecule has 0 bridgehead atoms. The van der Waals surface area contributed by atoms with Gasteiger partial charge in [-0.1, -0.05) is 30.3 Å². The minimum absolute atomic E-state index is 0.196. The third-order valence-corrected chi connectivity index (χ3v) is 2.15. The van der Waals surface area contributed by atoms with Gasteiger partial charge in [0.2, 0.25) is 0 Å². The molecule has 0 aliphatic carbocycles. The van der Waals surface area contributed by atoms with E-state index in [0.717, 1.165) is 5.56 Å². The van der Waals surface area contributed by atoms with Crippen LogP contribution in [-0.2, 0) is 24.9 Å². The van der Waals surface area contributed by atoms with Gasteiger partial charge in [0, 0.05) is 0 Å². The normalized spacial score (nSPS) is 10.1. The van der Waals surface area contributed by atoms with Gasteiger partial charge in [-0.15, -0.1) is 10.2 Å². The summed E-state index contributed by atoms with van der Waals surface area (Å²) < 4.78 is 5.02. The Bertz CT molecular complexity index is 511. The van der Waals surface area contributed by atoms with Gasteiger partial charge in [-0.3, -0.25) is 0 Å². The van der Waals surface area contributed by atoms with Crippen molar-refractivity contribution in [3.05, 3.63) is 41.7 Å². The predicted octanol–water partition coefficient (Wildman–Crippen LogP) is 0.636. The topological polar surface area (TPSA) is 81.9 Å². The van der Waals surface area contributed by atoms with Crippen LogP contribution in [-0.4, -0.2) is 26.3 Å². The van der Waals surface area contributed by atoms with E-state index in [1.807, 2.05) is 30.3 Å². The summed E-state index contributed by atoms with van der Waals surface area (Å²) in [6, 6.07) is 9.46. The standard InChI is InChI=1S/C11H13N5O2/c1-16-14-10(13-15-16)7-12-11(17)18-8-9-5-3-2-4-6-9/h2-6H,7-8H2,1H3,(H,12,17). The minimum atomic E-state index is -0.508. The molecule has 1 amide bonds. The number of aryl methyl sites for hydroxylation is 1. The first-order valence-electron chi connectivity index (χ1n) is 5.41. The second kappa shape index (κ2) is 5.76. The molecule has 0 saturated heterocycles. The van der Waals surface area contributed by atoms with E-state index < -0.39 is 6.09 Å². The van der Waals surface area contributed by atoms with Crippen molar-refractivity contribution in [1.29, 1.82) is 0 Å². The number of alkyl carbamates (subject to hydrolysis) is 1. The van der Waals surface area contributed by atoms with E-state index in [0.29, 0.717) is 5.82 Å². The lowest BCUT2D eigenvalue weighted by Gasteiger charge is -2.05. The molecule has 2 aromatic rings. The Labute approximate surface area is 104 Å². The average molecular weight is 247 g/mol. The van der Waals surface area contributed by atoms with Crippen molar-refractivity contribution in [1.82, 2.24) is 25.5 Å². The van der Waals surface area contributed by atoms with E-state index in [1.165, 1.54) is 4.80 Å². The van der Waals surface area contributed by atoms with Crippen LogP contribution in [0.15, 0.2) is 30.3 Å². The molecule has 0 atom stereocenters. The summed E-state index contributed by atoms with van der Waals surface area (Å²) in [5.41, 5.74) is 0.935. The number of tetrazole rings is 1. The number of benzene rings is 1. The zero-order valence-electron chi connectivity index (χ0n) is 9.91. The Morgan fingerprint density at radius 1 is 1.39 bits per heavy atom. The van der Waals surface area contributed by atoms with Crippen LogP contribution in [0.5, 0.6) is 0 Å². The molecule has 0 spiro atoms. The maximum Gasteiger partial charge on any atom is 0.407 e. The van der Waals surface area contributed by atoms with Crippen molar-refractivity contribution < 1.29 is 9.53 Å². The number of hydrogen-bond donors (Lipinski definition) is 1. The van der Waals surface area contributed by atoms with Crippen LogP contribution in [0.4, 0.5) is 4.79 Å². The highest BCUT2D eigenvalue weighted by molar-refractivity contribution is 5.66. The van der Waals surface area contributed by atoms with Gasteiger partial charge in [-0.05, 0) is 10.8 Å². The van der Waals surface area contributed by atoms with Crippen LogP contribution >= 0.6 is 0 Å². The first-order chi connectivity index (χ1) is 8.74. The lowest BCUT2D eigenvalue weighted by atomic mass is 10.2. The zero-order chi connectivity index (χ0) is 12.8. The van der Waals surface area contributed by atoms with Crippen molar-refractivity contribution in [2.75, 3.05) is 0 Å². The van der Waals surface area contributed by atoms with Crippen LogP contribution in [0.3, 0.4) is 0 Å². The average Bonchev–Trinajstić information content (AvgIpc) is 2.81. The van der Waals surface area contributed by atoms with E-state index in [9.17, 15) is 4.79 Å². The molecular formula is C11H13N5O2. The Morgan fingerprint density at radius 2 is 2.17 bits per heavy atom. The van der Waals surface area contributed by atoms with Crippen molar-refractivity contribution in [2.24, 2.45) is 7.05 Å². The van der Waals surface area contributed by atoms with Crippen LogP contribution < -0.4 is 5.32 Å². The molecule has 0 radical (unpaired) electrons. The summed E-state index contributed by atoms with van der Waals surface area (Å²) in [7, 11) is 1.66. The Hall–Kier alpha value is -2.44. The Morgan fingerprint density at radius 3 is 2.83 bits per heavy atom. The molecule has 1 aromatic carbocycles. The van der Waals surface area contributed by atoms with Gasteiger partial charge in [-0.25, -0.2) is 4.79 Å². The SMILES string of the molecule is Cn1nnc(CNC(=O)OCc2ccccc2)n1. The second-order valence-corrected chi connectivity index (χ2v) is 3.61. The molecule has 18 heavy (non-hydrogen) atoms. The first-order valence-corrected chi connectivity index (χ1v) is 5.41. The molecule has 1 heterocycles. The van der Waals surface area contributed by atoms with Crippen LogP contribution in [0.1, 0.15) is 11.4 Å². The lowest BCUT2D eigenvalue weighted by molar-refractivity contribution is 0.139. The third-order valence-electron chi connectivity index (χ3n) is 2.15. The number of nitrogens with one attached hydrogen (secondary N) is 1. The molecule has 0 fully saturated rings. The highest BCUT2D eigenvalue weighted by Crippen LogP contribution is 2.00. The van der Waals surface area contributed by atoms with E-state index in [2.05, 4.69) is 20.7 Å². The molecule has 1 aromatic heterocycles. The van der Waals surface area contributed by atoms with Crippen LogP contribution in [0.2, 0.25) is 0 Å². The number of aromatic nitrogens is 4. The highest BCUT2D eigenvalue weighted by Gasteiger charge is 2.05. The minimum Gasteiger partial charge on any atom is -0.445 e. The highest BCUT2D eigenvalue weighted by atomic mass is 16.5. The number of hydrogen-bond acceptors (Lipinski definition) is 5. The number of rotatable bonds is 4. The Balaban J connectivity index is 1.73. The predicted molar refractivity (Wildman–Crippen MR) is 62.3 cm³/mol. The summed E-state index contributed by atoms with van der Waals surface area (Å²) in [5.74, 6) is 0.439. The maximum absolute atomic E-state index is 11.4. The summed E-state index contributed by atoms with van der Waals surface area (Å²) in [4.78, 5) is 12.7. The molecule has 94 valence electrons. The molecule has 1 N–H and O–H groups in total. The molecule has 0 aliphatic heterocycles. The number of amides is 1. The quantitative estimate of drug-likeness (QED) is 0.857. The van der Waals surface area contributed by atoms with E-state index in [1.54, 1.807) is 7.05 Å². The monoisotopic (exact) mass is 247 g/mol. The lowest BCUT2D eigenvalue weighted by Crippen LogP contribution is -2.24. The Kier molecular flexibility index (Phi) is 3.85. The maximum atomic E-state index is 11.4. The van der Waals surface area contributed by atoms with Gasteiger partial charge in [0.15, 0.2) is 5.82 Å². The summed E-state index contributed by atoms with van der Waals surface area (Å²) in [5, 5.41) is 13.9. The van der Waals surface area contributed by atoms with Gasteiger partial charge in [0.25, 0.3) is 0 Å².